The van der Waals surface area contributed by atoms with Crippen molar-refractivity contribution in [3.8, 4) is 34.3 Å². The summed E-state index contributed by atoms with van der Waals surface area (Å²) in [4.78, 5) is 26.7. The number of aromatic nitrogens is 5. The number of benzene rings is 1. The number of ether oxygens (including phenoxy) is 2. The molecule has 4 aromatic rings. The quantitative estimate of drug-likeness (QED) is 0.516. The van der Waals surface area contributed by atoms with Crippen LogP contribution in [-0.4, -0.2) is 77.3 Å². The Kier molecular flexibility index (Phi) is 5.32. The monoisotopic (exact) mass is 431 g/mol. The van der Waals surface area contributed by atoms with Gasteiger partial charge in [-0.3, -0.25) is 4.98 Å². The second-order valence-corrected chi connectivity index (χ2v) is 7.75. The van der Waals surface area contributed by atoms with Crippen LogP contribution in [0.4, 0.5) is 5.82 Å². The lowest BCUT2D eigenvalue weighted by atomic mass is 10.2. The maximum absolute atomic E-state index is 5.48. The molecule has 0 unspecified atom stereocenters. The van der Waals surface area contributed by atoms with Gasteiger partial charge in [0.15, 0.2) is 28.8 Å². The molecule has 9 nitrogen and oxygen atoms in total. The predicted octanol–water partition coefficient (Wildman–Crippen LogP) is 2.85. The molecule has 3 aromatic heterocycles. The number of nitrogens with zero attached hydrogens (tertiary/aromatic N) is 6. The average Bonchev–Trinajstić information content (AvgIpc) is 3.28. The minimum atomic E-state index is 0.597. The van der Waals surface area contributed by atoms with Gasteiger partial charge in [0.2, 0.25) is 0 Å². The first-order chi connectivity index (χ1) is 15.7. The summed E-state index contributed by atoms with van der Waals surface area (Å²) in [7, 11) is 5.38. The Hall–Kier alpha value is -3.72. The van der Waals surface area contributed by atoms with E-state index in [1.165, 1.54) is 0 Å². The first kappa shape index (κ1) is 20.2. The van der Waals surface area contributed by atoms with Gasteiger partial charge in [-0.2, -0.15) is 0 Å². The smallest absolute Gasteiger partial charge is 0.184 e. The van der Waals surface area contributed by atoms with Crippen LogP contribution >= 0.6 is 0 Å². The zero-order valence-corrected chi connectivity index (χ0v) is 18.4. The van der Waals surface area contributed by atoms with Crippen LogP contribution in [0.2, 0.25) is 0 Å². The molecule has 0 spiro atoms. The van der Waals surface area contributed by atoms with E-state index in [-0.39, 0.29) is 0 Å². The Bertz CT molecular complexity index is 1230. The maximum Gasteiger partial charge on any atom is 0.184 e. The molecule has 1 aliphatic rings. The van der Waals surface area contributed by atoms with E-state index in [1.54, 1.807) is 26.6 Å². The van der Waals surface area contributed by atoms with Crippen LogP contribution < -0.4 is 14.4 Å². The van der Waals surface area contributed by atoms with Crippen molar-refractivity contribution in [1.29, 1.82) is 0 Å². The molecule has 32 heavy (non-hydrogen) atoms. The lowest BCUT2D eigenvalue weighted by molar-refractivity contribution is 0.312. The van der Waals surface area contributed by atoms with Crippen LogP contribution in [0.25, 0.3) is 33.9 Å². The summed E-state index contributed by atoms with van der Waals surface area (Å²) < 4.78 is 10.9. The number of aromatic amines is 1. The summed E-state index contributed by atoms with van der Waals surface area (Å²) in [5.74, 6) is 3.50. The Morgan fingerprint density at radius 1 is 0.844 bits per heavy atom. The molecule has 5 rings (SSSR count). The van der Waals surface area contributed by atoms with Gasteiger partial charge in [-0.1, -0.05) is 0 Å². The van der Waals surface area contributed by atoms with E-state index < -0.39 is 0 Å². The second-order valence-electron chi connectivity index (χ2n) is 7.75. The molecule has 0 radical (unpaired) electrons. The van der Waals surface area contributed by atoms with E-state index in [0.29, 0.717) is 23.0 Å². The SMILES string of the molecule is COc1ccc(-c2nc(N3CCN(C)CC3)c3[nH]c(-c4ccncc4)nc3n2)cc1OC. The second kappa shape index (κ2) is 8.43. The highest BCUT2D eigenvalue weighted by Gasteiger charge is 2.22. The molecule has 0 atom stereocenters. The fraction of sp³-hybridized carbons (Fsp3) is 0.304. The molecule has 9 heteroatoms. The lowest BCUT2D eigenvalue weighted by Crippen LogP contribution is -2.45. The normalized spacial score (nSPS) is 14.7. The van der Waals surface area contributed by atoms with Gasteiger partial charge in [0, 0.05) is 49.7 Å². The summed E-state index contributed by atoms with van der Waals surface area (Å²) in [6.07, 6.45) is 3.51. The van der Waals surface area contributed by atoms with Gasteiger partial charge in [-0.25, -0.2) is 15.0 Å². The van der Waals surface area contributed by atoms with Gasteiger partial charge in [-0.05, 0) is 37.4 Å². The third kappa shape index (κ3) is 3.71. The zero-order chi connectivity index (χ0) is 22.1. The van der Waals surface area contributed by atoms with E-state index in [1.807, 2.05) is 30.3 Å². The van der Waals surface area contributed by atoms with Gasteiger partial charge >= 0.3 is 0 Å². The number of piperazine rings is 1. The highest BCUT2D eigenvalue weighted by Crippen LogP contribution is 2.34. The summed E-state index contributed by atoms with van der Waals surface area (Å²) in [6, 6.07) is 9.55. The molecule has 1 aromatic carbocycles. The number of likely N-dealkylation sites (N-methyl/N-ethyl adjacent to an activating group) is 1. The molecule has 4 heterocycles. The minimum Gasteiger partial charge on any atom is -0.493 e. The van der Waals surface area contributed by atoms with Crippen LogP contribution in [0.1, 0.15) is 0 Å². The third-order valence-electron chi connectivity index (χ3n) is 5.73. The number of fused-ring (bicyclic) bond motifs is 1. The van der Waals surface area contributed by atoms with Gasteiger partial charge in [-0.15, -0.1) is 0 Å². The van der Waals surface area contributed by atoms with Gasteiger partial charge in [0.25, 0.3) is 0 Å². The zero-order valence-electron chi connectivity index (χ0n) is 18.4. The van der Waals surface area contributed by atoms with Crippen molar-refractivity contribution < 1.29 is 9.47 Å². The number of H-pyrrole nitrogens is 1. The lowest BCUT2D eigenvalue weighted by Gasteiger charge is -2.33. The maximum atomic E-state index is 5.48. The van der Waals surface area contributed by atoms with Crippen LogP contribution in [0.5, 0.6) is 11.5 Å². The standard InChI is InChI=1S/C23H25N7O2/c1-29-10-12-30(13-11-29)23-19-22(26-20(25-19)15-6-8-24-9-7-15)27-21(28-23)16-4-5-17(31-2)18(14-16)32-3/h4-9,14H,10-13H2,1-3H3,(H,25,26,27,28). The Balaban J connectivity index is 1.66. The molecule has 1 fully saturated rings. The first-order valence-electron chi connectivity index (χ1n) is 10.5. The molecule has 0 saturated carbocycles. The number of imidazole rings is 1. The Labute approximate surface area is 186 Å². The fourth-order valence-corrected chi connectivity index (χ4v) is 3.88. The van der Waals surface area contributed by atoms with E-state index >= 15 is 0 Å². The number of pyridine rings is 1. The number of hydrogen-bond donors (Lipinski definition) is 1. The highest BCUT2D eigenvalue weighted by atomic mass is 16.5. The molecule has 1 saturated heterocycles. The summed E-state index contributed by atoms with van der Waals surface area (Å²) >= 11 is 0. The van der Waals surface area contributed by atoms with Crippen molar-refractivity contribution in [2.45, 2.75) is 0 Å². The summed E-state index contributed by atoms with van der Waals surface area (Å²) in [5.41, 5.74) is 3.26. The highest BCUT2D eigenvalue weighted by molar-refractivity contribution is 5.88. The van der Waals surface area contributed by atoms with E-state index in [9.17, 15) is 0 Å². The Morgan fingerprint density at radius 2 is 1.59 bits per heavy atom. The molecule has 1 N–H and O–H groups in total. The number of anilines is 1. The van der Waals surface area contributed by atoms with Gasteiger partial charge in [0.1, 0.15) is 11.3 Å². The average molecular weight is 432 g/mol. The van der Waals surface area contributed by atoms with Crippen molar-refractivity contribution in [1.82, 2.24) is 29.8 Å². The first-order valence-corrected chi connectivity index (χ1v) is 10.5. The molecule has 0 bridgehead atoms. The number of rotatable bonds is 5. The minimum absolute atomic E-state index is 0.597. The van der Waals surface area contributed by atoms with Crippen LogP contribution in [0.15, 0.2) is 42.7 Å². The van der Waals surface area contributed by atoms with Crippen molar-refractivity contribution in [2.75, 3.05) is 52.3 Å². The van der Waals surface area contributed by atoms with Crippen molar-refractivity contribution >= 4 is 17.0 Å². The van der Waals surface area contributed by atoms with E-state index in [4.69, 9.17) is 24.4 Å². The van der Waals surface area contributed by atoms with Crippen LogP contribution in [-0.2, 0) is 0 Å². The Morgan fingerprint density at radius 3 is 2.31 bits per heavy atom. The van der Waals surface area contributed by atoms with Crippen LogP contribution in [0, 0.1) is 0 Å². The van der Waals surface area contributed by atoms with Crippen molar-refractivity contribution in [3.05, 3.63) is 42.7 Å². The topological polar surface area (TPSA) is 92.3 Å². The molecule has 164 valence electrons. The van der Waals surface area contributed by atoms with Crippen molar-refractivity contribution in [3.63, 3.8) is 0 Å². The molecule has 0 amide bonds. The largest absolute Gasteiger partial charge is 0.493 e. The third-order valence-corrected chi connectivity index (χ3v) is 5.73. The predicted molar refractivity (Wildman–Crippen MR) is 123 cm³/mol. The van der Waals surface area contributed by atoms with Gasteiger partial charge < -0.3 is 24.3 Å². The fourth-order valence-electron chi connectivity index (χ4n) is 3.88. The number of methoxy groups -OCH3 is 2. The summed E-state index contributed by atoms with van der Waals surface area (Å²) in [5, 5.41) is 0. The van der Waals surface area contributed by atoms with Crippen molar-refractivity contribution in [2.24, 2.45) is 0 Å². The van der Waals surface area contributed by atoms with Gasteiger partial charge in [0.05, 0.1) is 14.2 Å². The molecule has 0 aliphatic carbocycles. The summed E-state index contributed by atoms with van der Waals surface area (Å²) in [6.45, 7) is 3.72. The van der Waals surface area contributed by atoms with E-state index in [2.05, 4.69) is 26.8 Å². The van der Waals surface area contributed by atoms with Crippen LogP contribution in [0.3, 0.4) is 0 Å². The molecular formula is C23H25N7O2. The molecular weight excluding hydrogens is 406 g/mol. The number of nitrogens with one attached hydrogen (secondary N) is 1. The molecule has 1 aliphatic heterocycles. The van der Waals surface area contributed by atoms with E-state index in [0.717, 1.165) is 54.5 Å². The number of hydrogen-bond acceptors (Lipinski definition) is 8.